The van der Waals surface area contributed by atoms with Crippen LogP contribution in [0.4, 0.5) is 4.39 Å². The summed E-state index contributed by atoms with van der Waals surface area (Å²) < 4.78 is 32.6. The summed E-state index contributed by atoms with van der Waals surface area (Å²) in [5.74, 6) is -2.51. The quantitative estimate of drug-likeness (QED) is 0.383. The Bertz CT molecular complexity index is 1110. The van der Waals surface area contributed by atoms with Crippen LogP contribution in [0.3, 0.4) is 0 Å². The molecule has 0 bridgehead atoms. The Morgan fingerprint density at radius 3 is 2.59 bits per heavy atom. The number of rotatable bonds is 10. The molecule has 1 fully saturated rings. The highest BCUT2D eigenvalue weighted by molar-refractivity contribution is 5.78. The average Bonchev–Trinajstić information content (AvgIpc) is 3.22. The largest absolute Gasteiger partial charge is 0.463 e. The number of carbonyl (C=O) groups is 2. The van der Waals surface area contributed by atoms with Gasteiger partial charge in [0.25, 0.3) is 5.56 Å². The molecule has 34 heavy (non-hydrogen) atoms. The molecular formula is C24H29FN2O7. The van der Waals surface area contributed by atoms with E-state index in [4.69, 9.17) is 14.2 Å². The fourth-order valence-electron chi connectivity index (χ4n) is 3.78. The number of aromatic nitrogens is 2. The maximum atomic E-state index is 14.4. The number of halogens is 1. The van der Waals surface area contributed by atoms with Crippen LogP contribution in [0.2, 0.25) is 0 Å². The first-order chi connectivity index (χ1) is 16.3. The lowest BCUT2D eigenvalue weighted by molar-refractivity contribution is -0.148. The van der Waals surface area contributed by atoms with Crippen molar-refractivity contribution in [3.63, 3.8) is 0 Å². The van der Waals surface area contributed by atoms with E-state index < -0.39 is 47.4 Å². The minimum absolute atomic E-state index is 0.0458. The second kappa shape index (κ2) is 11.8. The third-order valence-electron chi connectivity index (χ3n) is 5.56. The molecule has 3 rings (SSSR count). The standard InChI is InChI=1S/C24H29FN2O7/c1-3-4-6-11-21(29)27-23(30)18(25)13-26(24(27)31)22-12-19(20(34-22)15-32-16(2)28)33-14-17-9-7-5-8-10-17/h5,7-10,13,19-20,22H,3-4,6,11-12,14-15H2,1-2H3/t19-,20+,22+/m0/s1. The van der Waals surface area contributed by atoms with Crippen molar-refractivity contribution in [2.45, 2.75) is 71.0 Å². The summed E-state index contributed by atoms with van der Waals surface area (Å²) >= 11 is 0. The molecule has 0 unspecified atom stereocenters. The Balaban J connectivity index is 1.84. The molecule has 2 aromatic rings. The van der Waals surface area contributed by atoms with Crippen molar-refractivity contribution >= 4 is 11.9 Å². The lowest BCUT2D eigenvalue weighted by Gasteiger charge is -2.18. The molecule has 1 aliphatic rings. The van der Waals surface area contributed by atoms with Crippen LogP contribution in [0, 0.1) is 5.82 Å². The van der Waals surface area contributed by atoms with Crippen molar-refractivity contribution in [3.8, 4) is 0 Å². The van der Waals surface area contributed by atoms with Crippen LogP contribution in [0.5, 0.6) is 0 Å². The van der Waals surface area contributed by atoms with Gasteiger partial charge in [-0.05, 0) is 12.0 Å². The van der Waals surface area contributed by atoms with E-state index in [2.05, 4.69) is 0 Å². The normalized spacial score (nSPS) is 19.8. The summed E-state index contributed by atoms with van der Waals surface area (Å²) in [7, 11) is 0. The van der Waals surface area contributed by atoms with Gasteiger partial charge in [0.05, 0.1) is 18.9 Å². The van der Waals surface area contributed by atoms with Gasteiger partial charge in [0, 0.05) is 19.8 Å². The monoisotopic (exact) mass is 476 g/mol. The minimum Gasteiger partial charge on any atom is -0.463 e. The number of unbranched alkanes of at least 4 members (excludes halogenated alkanes) is 2. The van der Waals surface area contributed by atoms with Gasteiger partial charge in [-0.3, -0.25) is 19.0 Å². The van der Waals surface area contributed by atoms with E-state index in [1.54, 1.807) is 0 Å². The molecule has 0 spiro atoms. The summed E-state index contributed by atoms with van der Waals surface area (Å²) in [6.07, 6.45) is 0.571. The number of hydrogen-bond donors (Lipinski definition) is 0. The number of benzene rings is 1. The molecule has 1 aromatic carbocycles. The molecule has 0 aliphatic carbocycles. The van der Waals surface area contributed by atoms with Crippen molar-refractivity contribution < 1.29 is 28.2 Å². The van der Waals surface area contributed by atoms with E-state index >= 15 is 0 Å². The van der Waals surface area contributed by atoms with Gasteiger partial charge in [-0.1, -0.05) is 50.1 Å². The SMILES string of the molecule is CCCCCC(=O)n1c(=O)c(F)cn([C@H]2C[C@H](OCc3ccccc3)[C@@H](COC(C)=O)O2)c1=O. The zero-order valence-corrected chi connectivity index (χ0v) is 19.3. The van der Waals surface area contributed by atoms with Gasteiger partial charge in [-0.2, -0.15) is 8.96 Å². The first kappa shape index (κ1) is 25.5. The first-order valence-corrected chi connectivity index (χ1v) is 11.3. The van der Waals surface area contributed by atoms with Gasteiger partial charge in [-0.25, -0.2) is 4.79 Å². The summed E-state index contributed by atoms with van der Waals surface area (Å²) in [5.41, 5.74) is -1.35. The van der Waals surface area contributed by atoms with Crippen molar-refractivity contribution in [2.24, 2.45) is 0 Å². The molecule has 0 amide bonds. The van der Waals surface area contributed by atoms with E-state index in [0.29, 0.717) is 11.0 Å². The highest BCUT2D eigenvalue weighted by Gasteiger charge is 2.39. The molecule has 184 valence electrons. The number of ether oxygens (including phenoxy) is 3. The van der Waals surface area contributed by atoms with Crippen LogP contribution in [0.15, 0.2) is 46.1 Å². The fourth-order valence-corrected chi connectivity index (χ4v) is 3.78. The molecule has 0 radical (unpaired) electrons. The Hall–Kier alpha value is -3.11. The average molecular weight is 477 g/mol. The highest BCUT2D eigenvalue weighted by atomic mass is 19.1. The van der Waals surface area contributed by atoms with Crippen molar-refractivity contribution in [3.05, 3.63) is 68.7 Å². The number of esters is 1. The molecule has 0 saturated carbocycles. The Kier molecular flexibility index (Phi) is 8.89. The maximum absolute atomic E-state index is 14.4. The van der Waals surface area contributed by atoms with Gasteiger partial charge in [-0.15, -0.1) is 0 Å². The fraction of sp³-hybridized carbons (Fsp3) is 0.500. The predicted molar refractivity (Wildman–Crippen MR) is 120 cm³/mol. The third kappa shape index (κ3) is 6.27. The smallest absolute Gasteiger partial charge is 0.340 e. The third-order valence-corrected chi connectivity index (χ3v) is 5.56. The van der Waals surface area contributed by atoms with Crippen LogP contribution in [0.1, 0.15) is 62.5 Å². The Morgan fingerprint density at radius 2 is 1.91 bits per heavy atom. The zero-order valence-electron chi connectivity index (χ0n) is 19.3. The van der Waals surface area contributed by atoms with Crippen LogP contribution in [-0.4, -0.2) is 39.8 Å². The highest BCUT2D eigenvalue weighted by Crippen LogP contribution is 2.31. The van der Waals surface area contributed by atoms with Gasteiger partial charge in [0.1, 0.15) is 18.9 Å². The molecule has 2 heterocycles. The summed E-state index contributed by atoms with van der Waals surface area (Å²) in [6.45, 7) is 3.33. The molecule has 1 saturated heterocycles. The van der Waals surface area contributed by atoms with E-state index in [9.17, 15) is 23.6 Å². The van der Waals surface area contributed by atoms with Crippen LogP contribution in [0.25, 0.3) is 0 Å². The lowest BCUT2D eigenvalue weighted by atomic mass is 10.1. The number of carbonyl (C=O) groups excluding carboxylic acids is 2. The van der Waals surface area contributed by atoms with Gasteiger partial charge >= 0.3 is 11.7 Å². The van der Waals surface area contributed by atoms with Gasteiger partial charge in [0.15, 0.2) is 0 Å². The zero-order chi connectivity index (χ0) is 24.7. The predicted octanol–water partition coefficient (Wildman–Crippen LogP) is 2.81. The van der Waals surface area contributed by atoms with Crippen molar-refractivity contribution in [2.75, 3.05) is 6.61 Å². The van der Waals surface area contributed by atoms with Crippen molar-refractivity contribution in [1.82, 2.24) is 9.13 Å². The maximum Gasteiger partial charge on any atom is 0.340 e. The molecule has 3 atom stereocenters. The minimum atomic E-state index is -1.28. The summed E-state index contributed by atoms with van der Waals surface area (Å²) in [4.78, 5) is 49.0. The Labute approximate surface area is 196 Å². The number of hydrogen-bond acceptors (Lipinski definition) is 7. The number of nitrogens with zero attached hydrogens (tertiary/aromatic N) is 2. The molecular weight excluding hydrogens is 447 g/mol. The summed E-state index contributed by atoms with van der Waals surface area (Å²) in [5, 5.41) is 0. The first-order valence-electron chi connectivity index (χ1n) is 11.3. The van der Waals surface area contributed by atoms with Crippen LogP contribution in [-0.2, 0) is 25.6 Å². The van der Waals surface area contributed by atoms with Crippen LogP contribution >= 0.6 is 0 Å². The lowest BCUT2D eigenvalue weighted by Crippen LogP contribution is -2.45. The molecule has 9 nitrogen and oxygen atoms in total. The second-order valence-electron chi connectivity index (χ2n) is 8.16. The molecule has 1 aliphatic heterocycles. The van der Waals surface area contributed by atoms with Crippen molar-refractivity contribution in [1.29, 1.82) is 0 Å². The van der Waals surface area contributed by atoms with E-state index in [-0.39, 0.29) is 26.1 Å². The molecule has 0 N–H and O–H groups in total. The van der Waals surface area contributed by atoms with Gasteiger partial charge in [0.2, 0.25) is 11.7 Å². The second-order valence-corrected chi connectivity index (χ2v) is 8.16. The summed E-state index contributed by atoms with van der Waals surface area (Å²) in [6, 6.07) is 9.38. The van der Waals surface area contributed by atoms with E-state index in [1.807, 2.05) is 37.3 Å². The molecule has 1 aromatic heterocycles. The van der Waals surface area contributed by atoms with Gasteiger partial charge < -0.3 is 14.2 Å². The Morgan fingerprint density at radius 1 is 1.18 bits per heavy atom. The van der Waals surface area contributed by atoms with E-state index in [0.717, 1.165) is 29.2 Å². The van der Waals surface area contributed by atoms with Crippen LogP contribution < -0.4 is 11.2 Å². The topological polar surface area (TPSA) is 106 Å². The van der Waals surface area contributed by atoms with E-state index in [1.165, 1.54) is 6.92 Å². The molecule has 10 heteroatoms.